The van der Waals surface area contributed by atoms with Crippen LogP contribution in [0.2, 0.25) is 10.0 Å². The van der Waals surface area contributed by atoms with Gasteiger partial charge >= 0.3 is 6.03 Å². The number of halogens is 2. The van der Waals surface area contributed by atoms with Crippen molar-refractivity contribution in [2.75, 3.05) is 11.9 Å². The van der Waals surface area contributed by atoms with E-state index >= 15 is 0 Å². The summed E-state index contributed by atoms with van der Waals surface area (Å²) in [5.41, 5.74) is 0.584. The highest BCUT2D eigenvalue weighted by molar-refractivity contribution is 6.42. The highest BCUT2D eigenvalue weighted by Crippen LogP contribution is 2.26. The van der Waals surface area contributed by atoms with Crippen LogP contribution in [0.1, 0.15) is 20.3 Å². The van der Waals surface area contributed by atoms with Crippen LogP contribution < -0.4 is 5.32 Å². The van der Waals surface area contributed by atoms with Crippen LogP contribution >= 0.6 is 23.2 Å². The quantitative estimate of drug-likeness (QED) is 0.856. The van der Waals surface area contributed by atoms with E-state index in [1.54, 1.807) is 23.1 Å². The minimum Gasteiger partial charge on any atom is -0.321 e. The Labute approximate surface area is 128 Å². The van der Waals surface area contributed by atoms with Gasteiger partial charge in [-0.1, -0.05) is 30.1 Å². The van der Waals surface area contributed by atoms with Crippen molar-refractivity contribution in [3.05, 3.63) is 28.2 Å². The number of nitrogens with one attached hydrogen (secondary N) is 1. The van der Waals surface area contributed by atoms with Crippen LogP contribution in [-0.2, 0) is 4.79 Å². The van der Waals surface area contributed by atoms with Gasteiger partial charge in [-0.05, 0) is 25.1 Å². The van der Waals surface area contributed by atoms with Crippen LogP contribution in [0.3, 0.4) is 0 Å². The molecule has 0 spiro atoms. The molecular formula is C14H16Cl2N2O2. The van der Waals surface area contributed by atoms with Gasteiger partial charge in [-0.25, -0.2) is 4.79 Å². The third-order valence-electron chi connectivity index (χ3n) is 3.48. The van der Waals surface area contributed by atoms with Crippen LogP contribution in [0.4, 0.5) is 10.5 Å². The lowest BCUT2D eigenvalue weighted by Gasteiger charge is -2.35. The normalized spacial score (nSPS) is 22.8. The van der Waals surface area contributed by atoms with Gasteiger partial charge in [0, 0.05) is 30.6 Å². The number of hydrogen-bond donors (Lipinski definition) is 1. The number of likely N-dealkylation sites (tertiary alicyclic amines) is 1. The first-order valence-electron chi connectivity index (χ1n) is 6.44. The summed E-state index contributed by atoms with van der Waals surface area (Å²) in [7, 11) is 0. The van der Waals surface area contributed by atoms with Gasteiger partial charge in [0.15, 0.2) is 0 Å². The SMILES string of the molecule is C[C@@H]1CN(C(=O)Nc2ccc(Cl)c(Cl)c2)[C@H](C)CC1=O. The molecule has 1 saturated heterocycles. The van der Waals surface area contributed by atoms with Crippen molar-refractivity contribution in [1.29, 1.82) is 0 Å². The molecule has 1 N–H and O–H groups in total. The van der Waals surface area contributed by atoms with E-state index in [0.29, 0.717) is 28.7 Å². The molecule has 0 unspecified atom stereocenters. The molecular weight excluding hydrogens is 299 g/mol. The number of nitrogens with zero attached hydrogens (tertiary/aromatic N) is 1. The highest BCUT2D eigenvalue weighted by atomic mass is 35.5. The molecule has 1 aromatic rings. The lowest BCUT2D eigenvalue weighted by atomic mass is 9.94. The summed E-state index contributed by atoms with van der Waals surface area (Å²) < 4.78 is 0. The maximum Gasteiger partial charge on any atom is 0.322 e. The molecule has 2 rings (SSSR count). The topological polar surface area (TPSA) is 49.4 Å². The van der Waals surface area contributed by atoms with Crippen molar-refractivity contribution >= 4 is 40.7 Å². The first kappa shape index (κ1) is 15.1. The molecule has 1 aromatic carbocycles. The van der Waals surface area contributed by atoms with E-state index in [9.17, 15) is 9.59 Å². The Balaban J connectivity index is 2.07. The average molecular weight is 315 g/mol. The number of anilines is 1. The molecule has 0 aromatic heterocycles. The molecule has 2 atom stereocenters. The Morgan fingerprint density at radius 3 is 2.65 bits per heavy atom. The van der Waals surface area contributed by atoms with Gasteiger partial charge in [-0.2, -0.15) is 0 Å². The smallest absolute Gasteiger partial charge is 0.321 e. The van der Waals surface area contributed by atoms with Gasteiger partial charge in [-0.3, -0.25) is 4.79 Å². The number of amides is 2. The highest BCUT2D eigenvalue weighted by Gasteiger charge is 2.32. The molecule has 1 heterocycles. The number of rotatable bonds is 1. The van der Waals surface area contributed by atoms with Gasteiger partial charge in [0.1, 0.15) is 5.78 Å². The van der Waals surface area contributed by atoms with Crippen molar-refractivity contribution in [3.8, 4) is 0 Å². The number of benzene rings is 1. The maximum atomic E-state index is 12.3. The molecule has 0 radical (unpaired) electrons. The van der Waals surface area contributed by atoms with E-state index in [2.05, 4.69) is 5.32 Å². The van der Waals surface area contributed by atoms with E-state index < -0.39 is 0 Å². The number of hydrogen-bond acceptors (Lipinski definition) is 2. The Morgan fingerprint density at radius 2 is 2.00 bits per heavy atom. The van der Waals surface area contributed by atoms with Gasteiger partial charge in [0.05, 0.1) is 10.0 Å². The zero-order chi connectivity index (χ0) is 14.9. The second-order valence-corrected chi connectivity index (χ2v) is 5.95. The molecule has 6 heteroatoms. The van der Waals surface area contributed by atoms with E-state index in [4.69, 9.17) is 23.2 Å². The first-order valence-corrected chi connectivity index (χ1v) is 7.19. The molecule has 0 saturated carbocycles. The lowest BCUT2D eigenvalue weighted by molar-refractivity contribution is -0.126. The molecule has 2 amide bonds. The van der Waals surface area contributed by atoms with Crippen LogP contribution in [0.5, 0.6) is 0 Å². The van der Waals surface area contributed by atoms with Gasteiger partial charge in [-0.15, -0.1) is 0 Å². The fraction of sp³-hybridized carbons (Fsp3) is 0.429. The maximum absolute atomic E-state index is 12.3. The number of carbonyl (C=O) groups excluding carboxylic acids is 2. The van der Waals surface area contributed by atoms with Gasteiger partial charge in [0.2, 0.25) is 0 Å². The van der Waals surface area contributed by atoms with Crippen molar-refractivity contribution in [3.63, 3.8) is 0 Å². The molecule has 108 valence electrons. The lowest BCUT2D eigenvalue weighted by Crippen LogP contribution is -2.50. The fourth-order valence-electron chi connectivity index (χ4n) is 2.23. The summed E-state index contributed by atoms with van der Waals surface area (Å²) in [5.74, 6) is 0.0850. The molecule has 0 aliphatic carbocycles. The van der Waals surface area contributed by atoms with E-state index in [0.717, 1.165) is 0 Å². The predicted molar refractivity (Wildman–Crippen MR) is 80.4 cm³/mol. The largest absolute Gasteiger partial charge is 0.322 e. The van der Waals surface area contributed by atoms with Gasteiger partial charge < -0.3 is 10.2 Å². The standard InChI is InChI=1S/C14H16Cl2N2O2/c1-8-7-18(9(2)5-13(8)19)14(20)17-10-3-4-11(15)12(16)6-10/h3-4,6,8-9H,5,7H2,1-2H3,(H,17,20)/t8-,9-/m1/s1. The third kappa shape index (κ3) is 3.25. The third-order valence-corrected chi connectivity index (χ3v) is 4.22. The number of ketones is 1. The summed E-state index contributed by atoms with van der Waals surface area (Å²) in [6.45, 7) is 4.15. The zero-order valence-corrected chi connectivity index (χ0v) is 12.8. The van der Waals surface area contributed by atoms with Crippen molar-refractivity contribution < 1.29 is 9.59 Å². The summed E-state index contributed by atoms with van der Waals surface area (Å²) in [5, 5.41) is 3.61. The molecule has 0 bridgehead atoms. The van der Waals surface area contributed by atoms with Crippen LogP contribution in [0.15, 0.2) is 18.2 Å². The number of carbonyl (C=O) groups is 2. The summed E-state index contributed by atoms with van der Waals surface area (Å²) in [6.07, 6.45) is 0.399. The van der Waals surface area contributed by atoms with Crippen LogP contribution in [0.25, 0.3) is 0 Å². The monoisotopic (exact) mass is 314 g/mol. The Hall–Kier alpha value is -1.26. The molecule has 20 heavy (non-hydrogen) atoms. The van der Waals surface area contributed by atoms with E-state index in [-0.39, 0.29) is 23.8 Å². The average Bonchev–Trinajstić information content (AvgIpc) is 2.38. The van der Waals surface area contributed by atoms with E-state index in [1.807, 2.05) is 13.8 Å². The summed E-state index contributed by atoms with van der Waals surface area (Å²) in [6, 6.07) is 4.60. The fourth-order valence-corrected chi connectivity index (χ4v) is 2.53. The molecule has 1 aliphatic heterocycles. The van der Waals surface area contributed by atoms with E-state index in [1.165, 1.54) is 0 Å². The summed E-state index contributed by atoms with van der Waals surface area (Å²) >= 11 is 11.7. The van der Waals surface area contributed by atoms with Crippen molar-refractivity contribution in [1.82, 2.24) is 4.90 Å². The van der Waals surface area contributed by atoms with Crippen molar-refractivity contribution in [2.45, 2.75) is 26.3 Å². The Bertz CT molecular complexity index is 548. The summed E-state index contributed by atoms with van der Waals surface area (Å²) in [4.78, 5) is 25.6. The first-order chi connectivity index (χ1) is 9.38. The minimum atomic E-state index is -0.227. The number of urea groups is 1. The van der Waals surface area contributed by atoms with Crippen LogP contribution in [0, 0.1) is 5.92 Å². The Kier molecular flexibility index (Phi) is 4.55. The number of piperidine rings is 1. The second kappa shape index (κ2) is 6.02. The number of Topliss-reactive ketones (excluding diaryl/α,β-unsaturated/α-hetero) is 1. The molecule has 4 nitrogen and oxygen atoms in total. The zero-order valence-electron chi connectivity index (χ0n) is 11.3. The van der Waals surface area contributed by atoms with Crippen LogP contribution in [-0.4, -0.2) is 29.3 Å². The molecule has 1 fully saturated rings. The van der Waals surface area contributed by atoms with Gasteiger partial charge in [0.25, 0.3) is 0 Å². The molecule has 1 aliphatic rings. The second-order valence-electron chi connectivity index (χ2n) is 5.13. The Morgan fingerprint density at radius 1 is 1.30 bits per heavy atom. The van der Waals surface area contributed by atoms with Crippen molar-refractivity contribution in [2.24, 2.45) is 5.92 Å². The predicted octanol–water partition coefficient (Wildman–Crippen LogP) is 3.82. The minimum absolute atomic E-state index is 0.0959.